The topological polar surface area (TPSA) is 3.24 Å². The van der Waals surface area contributed by atoms with E-state index in [9.17, 15) is 0 Å². The van der Waals surface area contributed by atoms with E-state index in [1.54, 1.807) is 0 Å². The smallest absolute Gasteiger partial charge is 0.0367 e. The molecule has 150 valence electrons. The van der Waals surface area contributed by atoms with Crippen molar-refractivity contribution in [1.29, 1.82) is 0 Å². The molecule has 5 aromatic carbocycles. The molecule has 1 heteroatoms. The van der Waals surface area contributed by atoms with Gasteiger partial charge in [0, 0.05) is 19.8 Å². The van der Waals surface area contributed by atoms with Crippen LogP contribution in [0.3, 0.4) is 0 Å². The van der Waals surface area contributed by atoms with Gasteiger partial charge in [-0.3, -0.25) is 0 Å². The third-order valence-electron chi connectivity index (χ3n) is 5.82. The summed E-state index contributed by atoms with van der Waals surface area (Å²) < 4.78 is 0. The van der Waals surface area contributed by atoms with E-state index in [4.69, 9.17) is 0 Å². The van der Waals surface area contributed by atoms with Crippen molar-refractivity contribution in [2.24, 2.45) is 0 Å². The average molecular weight is 400 g/mol. The summed E-state index contributed by atoms with van der Waals surface area (Å²) in [4.78, 5) is 2.15. The summed E-state index contributed by atoms with van der Waals surface area (Å²) >= 11 is 0. The Bertz CT molecular complexity index is 1410. The van der Waals surface area contributed by atoms with Gasteiger partial charge in [0.1, 0.15) is 0 Å². The second kappa shape index (κ2) is 8.12. The zero-order valence-corrected chi connectivity index (χ0v) is 17.9. The molecule has 0 aliphatic carbocycles. The molecule has 0 saturated heterocycles. The maximum Gasteiger partial charge on any atom is 0.0367 e. The number of rotatable bonds is 4. The quantitative estimate of drug-likeness (QED) is 0.281. The fourth-order valence-electron chi connectivity index (χ4n) is 4.11. The summed E-state index contributed by atoms with van der Waals surface area (Å²) in [7, 11) is 4.17. The van der Waals surface area contributed by atoms with Crippen LogP contribution in [0.2, 0.25) is 0 Å². The Morgan fingerprint density at radius 1 is 0.548 bits per heavy atom. The van der Waals surface area contributed by atoms with E-state index in [0.29, 0.717) is 0 Å². The van der Waals surface area contributed by atoms with Gasteiger partial charge in [-0.1, -0.05) is 84.9 Å². The van der Waals surface area contributed by atoms with Gasteiger partial charge >= 0.3 is 0 Å². The molecule has 0 radical (unpaired) electrons. The molecule has 0 atom stereocenters. The Kier molecular flexibility index (Phi) is 5.01. The Morgan fingerprint density at radius 2 is 1.16 bits per heavy atom. The van der Waals surface area contributed by atoms with Crippen molar-refractivity contribution in [1.82, 2.24) is 0 Å². The maximum absolute atomic E-state index is 2.31. The second-order valence-electron chi connectivity index (χ2n) is 8.17. The molecule has 0 spiro atoms. The SMILES string of the molecule is CN(C)c1cccc(/C(=C/c2ccc3ccccc3c2)c2ccc3ccccc3c2)c1. The highest BCUT2D eigenvalue weighted by Gasteiger charge is 2.09. The largest absolute Gasteiger partial charge is 0.378 e. The minimum atomic E-state index is 1.20. The lowest BCUT2D eigenvalue weighted by atomic mass is 9.93. The number of hydrogen-bond donors (Lipinski definition) is 0. The molecular weight excluding hydrogens is 374 g/mol. The molecule has 0 aliphatic heterocycles. The van der Waals surface area contributed by atoms with Crippen molar-refractivity contribution in [2.45, 2.75) is 0 Å². The molecule has 0 saturated carbocycles. The third kappa shape index (κ3) is 3.95. The summed E-state index contributed by atoms with van der Waals surface area (Å²) in [6.45, 7) is 0. The summed E-state index contributed by atoms with van der Waals surface area (Å²) in [5.74, 6) is 0. The molecule has 0 bridgehead atoms. The molecule has 5 aromatic rings. The Hall–Kier alpha value is -3.84. The van der Waals surface area contributed by atoms with E-state index in [1.807, 2.05) is 0 Å². The van der Waals surface area contributed by atoms with Gasteiger partial charge in [0.2, 0.25) is 0 Å². The van der Waals surface area contributed by atoms with Crippen LogP contribution in [0.4, 0.5) is 5.69 Å². The lowest BCUT2D eigenvalue weighted by Crippen LogP contribution is -2.08. The first kappa shape index (κ1) is 19.1. The summed E-state index contributed by atoms with van der Waals surface area (Å²) in [6, 6.07) is 39.3. The van der Waals surface area contributed by atoms with E-state index in [2.05, 4.69) is 134 Å². The number of benzene rings is 5. The Labute approximate surface area is 183 Å². The van der Waals surface area contributed by atoms with Crippen LogP contribution in [0.5, 0.6) is 0 Å². The predicted molar refractivity (Wildman–Crippen MR) is 136 cm³/mol. The van der Waals surface area contributed by atoms with Crippen LogP contribution in [0.1, 0.15) is 16.7 Å². The number of anilines is 1. The van der Waals surface area contributed by atoms with E-state index >= 15 is 0 Å². The Morgan fingerprint density at radius 3 is 1.87 bits per heavy atom. The summed E-state index contributed by atoms with van der Waals surface area (Å²) in [5.41, 5.74) is 6.07. The zero-order chi connectivity index (χ0) is 21.2. The third-order valence-corrected chi connectivity index (χ3v) is 5.82. The van der Waals surface area contributed by atoms with Crippen LogP contribution in [-0.2, 0) is 0 Å². The molecule has 0 N–H and O–H groups in total. The fourth-order valence-corrected chi connectivity index (χ4v) is 4.11. The molecule has 0 aromatic heterocycles. The molecule has 31 heavy (non-hydrogen) atoms. The minimum Gasteiger partial charge on any atom is -0.378 e. The molecule has 0 amide bonds. The van der Waals surface area contributed by atoms with Gasteiger partial charge in [-0.15, -0.1) is 0 Å². The van der Waals surface area contributed by atoms with Crippen molar-refractivity contribution in [3.05, 3.63) is 126 Å². The first-order valence-corrected chi connectivity index (χ1v) is 10.6. The van der Waals surface area contributed by atoms with Crippen LogP contribution in [0.15, 0.2) is 109 Å². The number of hydrogen-bond acceptors (Lipinski definition) is 1. The highest BCUT2D eigenvalue weighted by atomic mass is 15.1. The molecule has 1 nitrogen and oxygen atoms in total. The van der Waals surface area contributed by atoms with E-state index in [-0.39, 0.29) is 0 Å². The lowest BCUT2D eigenvalue weighted by molar-refractivity contribution is 1.13. The van der Waals surface area contributed by atoms with Crippen LogP contribution in [0, 0.1) is 0 Å². The predicted octanol–water partition coefficient (Wildman–Crippen LogP) is 7.65. The summed E-state index contributed by atoms with van der Waals surface area (Å²) in [5, 5.41) is 5.05. The molecule has 0 heterocycles. The average Bonchev–Trinajstić information content (AvgIpc) is 2.82. The molecule has 0 unspecified atom stereocenters. The highest BCUT2D eigenvalue weighted by molar-refractivity contribution is 5.97. The van der Waals surface area contributed by atoms with E-state index < -0.39 is 0 Å². The molecule has 0 aliphatic rings. The first-order chi connectivity index (χ1) is 15.2. The van der Waals surface area contributed by atoms with Crippen LogP contribution >= 0.6 is 0 Å². The van der Waals surface area contributed by atoms with Gasteiger partial charge < -0.3 is 4.90 Å². The minimum absolute atomic E-state index is 1.20. The van der Waals surface area contributed by atoms with Gasteiger partial charge in [-0.2, -0.15) is 0 Å². The van der Waals surface area contributed by atoms with Crippen LogP contribution in [-0.4, -0.2) is 14.1 Å². The van der Waals surface area contributed by atoms with Gasteiger partial charge in [-0.25, -0.2) is 0 Å². The van der Waals surface area contributed by atoms with Gasteiger partial charge in [0.25, 0.3) is 0 Å². The monoisotopic (exact) mass is 399 g/mol. The second-order valence-corrected chi connectivity index (χ2v) is 8.17. The number of fused-ring (bicyclic) bond motifs is 2. The van der Waals surface area contributed by atoms with Crippen LogP contribution in [0.25, 0.3) is 33.2 Å². The standard InChI is InChI=1S/C30H25N/c1-31(2)29-13-7-12-27(21-29)30(28-17-16-24-9-4-6-11-26(24)20-28)19-22-14-15-23-8-3-5-10-25(23)18-22/h3-21H,1-2H3/b30-19-. The highest BCUT2D eigenvalue weighted by Crippen LogP contribution is 2.31. The molecule has 5 rings (SSSR count). The Balaban J connectivity index is 1.70. The lowest BCUT2D eigenvalue weighted by Gasteiger charge is -2.16. The number of nitrogens with zero attached hydrogens (tertiary/aromatic N) is 1. The van der Waals surface area contributed by atoms with Crippen molar-refractivity contribution in [3.8, 4) is 0 Å². The van der Waals surface area contributed by atoms with E-state index in [1.165, 1.54) is 49.5 Å². The zero-order valence-electron chi connectivity index (χ0n) is 17.9. The van der Waals surface area contributed by atoms with Gasteiger partial charge in [0.05, 0.1) is 0 Å². The maximum atomic E-state index is 2.31. The van der Waals surface area contributed by atoms with Crippen molar-refractivity contribution < 1.29 is 0 Å². The molecular formula is C30H25N. The van der Waals surface area contributed by atoms with E-state index in [0.717, 1.165) is 0 Å². The van der Waals surface area contributed by atoms with Crippen molar-refractivity contribution in [3.63, 3.8) is 0 Å². The molecule has 0 fully saturated rings. The first-order valence-electron chi connectivity index (χ1n) is 10.6. The van der Waals surface area contributed by atoms with Gasteiger partial charge in [-0.05, 0) is 74.1 Å². The fraction of sp³-hybridized carbons (Fsp3) is 0.0667. The van der Waals surface area contributed by atoms with Crippen molar-refractivity contribution in [2.75, 3.05) is 19.0 Å². The normalized spacial score (nSPS) is 11.7. The summed E-state index contributed by atoms with van der Waals surface area (Å²) in [6.07, 6.45) is 2.31. The van der Waals surface area contributed by atoms with Crippen LogP contribution < -0.4 is 4.90 Å². The van der Waals surface area contributed by atoms with Crippen molar-refractivity contribution >= 4 is 38.9 Å². The van der Waals surface area contributed by atoms with Gasteiger partial charge in [0.15, 0.2) is 0 Å².